The summed E-state index contributed by atoms with van der Waals surface area (Å²) in [7, 11) is 0. The lowest BCUT2D eigenvalue weighted by atomic mass is 10.0. The van der Waals surface area contributed by atoms with Crippen LogP contribution in [0.3, 0.4) is 0 Å². The van der Waals surface area contributed by atoms with Gasteiger partial charge in [0.1, 0.15) is 0 Å². The third-order valence-electron chi connectivity index (χ3n) is 4.08. The minimum atomic E-state index is 0.371. The average Bonchev–Trinajstić information content (AvgIpc) is 2.92. The fourth-order valence-electron chi connectivity index (χ4n) is 2.44. The van der Waals surface area contributed by atoms with Crippen LogP contribution in [0.1, 0.15) is 45.2 Å². The Morgan fingerprint density at radius 1 is 1.33 bits per heavy atom. The van der Waals surface area contributed by atoms with E-state index in [0.29, 0.717) is 21.5 Å². The molecule has 18 heavy (non-hydrogen) atoms. The third kappa shape index (κ3) is 3.20. The van der Waals surface area contributed by atoms with Crippen molar-refractivity contribution in [2.75, 3.05) is 6.54 Å². The summed E-state index contributed by atoms with van der Waals surface area (Å²) in [5.74, 6) is 0.814. The van der Waals surface area contributed by atoms with Gasteiger partial charge in [0.05, 0.1) is 10.0 Å². The molecule has 1 fully saturated rings. The van der Waals surface area contributed by atoms with Gasteiger partial charge in [0.15, 0.2) is 0 Å². The molecule has 0 radical (unpaired) electrons. The van der Waals surface area contributed by atoms with Crippen LogP contribution >= 0.6 is 23.2 Å². The second-order valence-corrected chi connectivity index (χ2v) is 6.75. The van der Waals surface area contributed by atoms with E-state index in [-0.39, 0.29) is 0 Å². The first kappa shape index (κ1) is 14.2. The van der Waals surface area contributed by atoms with Crippen LogP contribution in [0, 0.1) is 11.3 Å². The van der Waals surface area contributed by atoms with Crippen LogP contribution in [0.15, 0.2) is 18.2 Å². The Labute approximate surface area is 120 Å². The summed E-state index contributed by atoms with van der Waals surface area (Å²) in [6.07, 6.45) is 2.39. The lowest BCUT2D eigenvalue weighted by molar-refractivity contribution is 0.460. The SMILES string of the molecule is CCC(NCC1CC1(C)C)c1ccc(Cl)c(Cl)c1. The maximum absolute atomic E-state index is 6.08. The zero-order chi connectivity index (χ0) is 13.3. The van der Waals surface area contributed by atoms with Crippen molar-refractivity contribution in [3.05, 3.63) is 33.8 Å². The van der Waals surface area contributed by atoms with Gasteiger partial charge in [-0.15, -0.1) is 0 Å². The largest absolute Gasteiger partial charge is 0.310 e. The Morgan fingerprint density at radius 2 is 2.00 bits per heavy atom. The van der Waals surface area contributed by atoms with Gasteiger partial charge < -0.3 is 5.32 Å². The van der Waals surface area contributed by atoms with Crippen molar-refractivity contribution in [1.29, 1.82) is 0 Å². The maximum atomic E-state index is 6.08. The van der Waals surface area contributed by atoms with E-state index in [1.54, 1.807) is 0 Å². The molecular formula is C15H21Cl2N. The molecule has 1 aromatic carbocycles. The summed E-state index contributed by atoms with van der Waals surface area (Å²) in [6, 6.07) is 6.29. The number of hydrogen-bond donors (Lipinski definition) is 1. The Kier molecular flexibility index (Phi) is 4.25. The molecular weight excluding hydrogens is 265 g/mol. The van der Waals surface area contributed by atoms with Gasteiger partial charge in [0, 0.05) is 6.04 Å². The lowest BCUT2D eigenvalue weighted by Crippen LogP contribution is -2.24. The molecule has 1 N–H and O–H groups in total. The summed E-state index contributed by atoms with van der Waals surface area (Å²) >= 11 is 12.0. The molecule has 0 heterocycles. The van der Waals surface area contributed by atoms with E-state index in [4.69, 9.17) is 23.2 Å². The van der Waals surface area contributed by atoms with Crippen molar-refractivity contribution in [3.8, 4) is 0 Å². The molecule has 1 aliphatic carbocycles. The van der Waals surface area contributed by atoms with Crippen molar-refractivity contribution in [2.24, 2.45) is 11.3 Å². The van der Waals surface area contributed by atoms with Gasteiger partial charge in [0.2, 0.25) is 0 Å². The molecule has 2 atom stereocenters. The van der Waals surface area contributed by atoms with Gasteiger partial charge in [-0.1, -0.05) is 50.0 Å². The Morgan fingerprint density at radius 3 is 2.50 bits per heavy atom. The molecule has 1 nitrogen and oxygen atoms in total. The molecule has 1 saturated carbocycles. The van der Waals surface area contributed by atoms with Crippen molar-refractivity contribution in [2.45, 2.75) is 39.7 Å². The standard InChI is InChI=1S/C15H21Cl2N/c1-4-14(18-9-11-8-15(11,2)3)10-5-6-12(16)13(17)7-10/h5-7,11,14,18H,4,8-9H2,1-3H3. The van der Waals surface area contributed by atoms with E-state index in [1.807, 2.05) is 12.1 Å². The predicted octanol–water partition coefficient (Wildman–Crippen LogP) is 5.08. The molecule has 1 aromatic rings. The normalized spacial score (nSPS) is 22.8. The average molecular weight is 286 g/mol. The van der Waals surface area contributed by atoms with Crippen molar-refractivity contribution in [1.82, 2.24) is 5.32 Å². The first-order chi connectivity index (χ1) is 8.44. The monoisotopic (exact) mass is 285 g/mol. The lowest BCUT2D eigenvalue weighted by Gasteiger charge is -2.18. The molecule has 0 aromatic heterocycles. The molecule has 2 unspecified atom stereocenters. The summed E-state index contributed by atoms with van der Waals surface area (Å²) < 4.78 is 0. The highest BCUT2D eigenvalue weighted by atomic mass is 35.5. The van der Waals surface area contributed by atoms with Gasteiger partial charge >= 0.3 is 0 Å². The molecule has 0 saturated heterocycles. The van der Waals surface area contributed by atoms with E-state index < -0.39 is 0 Å². The fourth-order valence-corrected chi connectivity index (χ4v) is 2.74. The first-order valence-electron chi connectivity index (χ1n) is 6.62. The second-order valence-electron chi connectivity index (χ2n) is 5.93. The molecule has 1 aliphatic rings. The quantitative estimate of drug-likeness (QED) is 0.796. The first-order valence-corrected chi connectivity index (χ1v) is 7.38. The second kappa shape index (κ2) is 5.40. The zero-order valence-corrected chi connectivity index (χ0v) is 12.8. The summed E-state index contributed by atoms with van der Waals surface area (Å²) in [6.45, 7) is 7.95. The molecule has 2 rings (SSSR count). The summed E-state index contributed by atoms with van der Waals surface area (Å²) in [5.41, 5.74) is 1.76. The van der Waals surface area contributed by atoms with E-state index >= 15 is 0 Å². The highest BCUT2D eigenvalue weighted by Gasteiger charge is 2.45. The van der Waals surface area contributed by atoms with Crippen molar-refractivity contribution in [3.63, 3.8) is 0 Å². The van der Waals surface area contributed by atoms with Crippen LogP contribution in [0.5, 0.6) is 0 Å². The van der Waals surface area contributed by atoms with Gasteiger partial charge in [-0.05, 0) is 48.4 Å². The minimum absolute atomic E-state index is 0.371. The minimum Gasteiger partial charge on any atom is -0.310 e. The van der Waals surface area contributed by atoms with E-state index in [0.717, 1.165) is 18.9 Å². The van der Waals surface area contributed by atoms with E-state index in [1.165, 1.54) is 12.0 Å². The smallest absolute Gasteiger partial charge is 0.0595 e. The van der Waals surface area contributed by atoms with E-state index in [2.05, 4.69) is 32.2 Å². The number of halogens is 2. The summed E-state index contributed by atoms with van der Waals surface area (Å²) in [5, 5.41) is 4.91. The highest BCUT2D eigenvalue weighted by Crippen LogP contribution is 2.51. The van der Waals surface area contributed by atoms with Gasteiger partial charge in [0.25, 0.3) is 0 Å². The molecule has 0 spiro atoms. The number of rotatable bonds is 5. The molecule has 100 valence electrons. The molecule has 0 aliphatic heterocycles. The van der Waals surface area contributed by atoms with Crippen LogP contribution in [-0.4, -0.2) is 6.54 Å². The Hall–Kier alpha value is -0.240. The third-order valence-corrected chi connectivity index (χ3v) is 4.82. The van der Waals surface area contributed by atoms with E-state index in [9.17, 15) is 0 Å². The van der Waals surface area contributed by atoms with Crippen LogP contribution in [0.2, 0.25) is 10.0 Å². The van der Waals surface area contributed by atoms with Gasteiger partial charge in [-0.3, -0.25) is 0 Å². The number of benzene rings is 1. The van der Waals surface area contributed by atoms with Crippen molar-refractivity contribution >= 4 is 23.2 Å². The van der Waals surface area contributed by atoms with Gasteiger partial charge in [-0.2, -0.15) is 0 Å². The maximum Gasteiger partial charge on any atom is 0.0595 e. The fraction of sp³-hybridized carbons (Fsp3) is 0.600. The Balaban J connectivity index is 1.97. The molecule has 0 bridgehead atoms. The van der Waals surface area contributed by atoms with Crippen LogP contribution in [0.4, 0.5) is 0 Å². The summed E-state index contributed by atoms with van der Waals surface area (Å²) in [4.78, 5) is 0. The predicted molar refractivity (Wildman–Crippen MR) is 79.4 cm³/mol. The molecule has 0 amide bonds. The molecule has 3 heteroatoms. The number of nitrogens with one attached hydrogen (secondary N) is 1. The topological polar surface area (TPSA) is 12.0 Å². The van der Waals surface area contributed by atoms with Crippen LogP contribution in [-0.2, 0) is 0 Å². The van der Waals surface area contributed by atoms with Crippen LogP contribution < -0.4 is 5.32 Å². The number of hydrogen-bond acceptors (Lipinski definition) is 1. The zero-order valence-electron chi connectivity index (χ0n) is 11.3. The van der Waals surface area contributed by atoms with Crippen molar-refractivity contribution < 1.29 is 0 Å². The van der Waals surface area contributed by atoms with Crippen LogP contribution in [0.25, 0.3) is 0 Å². The van der Waals surface area contributed by atoms with Gasteiger partial charge in [-0.25, -0.2) is 0 Å². The highest BCUT2D eigenvalue weighted by molar-refractivity contribution is 6.42. The Bertz CT molecular complexity index is 429.